The van der Waals surface area contributed by atoms with Gasteiger partial charge >= 0.3 is 0 Å². The van der Waals surface area contributed by atoms with Crippen molar-refractivity contribution in [2.45, 2.75) is 12.4 Å². The first-order chi connectivity index (χ1) is 8.60. The number of halogens is 1. The van der Waals surface area contributed by atoms with E-state index in [0.717, 1.165) is 0 Å². The molecule has 1 aromatic carbocycles. The van der Waals surface area contributed by atoms with Crippen LogP contribution in [0, 0.1) is 5.92 Å². The summed E-state index contributed by atoms with van der Waals surface area (Å²) in [5.74, 6) is 0.0371. The molecule has 1 fully saturated rings. The number of hydrogen-bond donors (Lipinski definition) is 2. The highest BCUT2D eigenvalue weighted by atomic mass is 19.1. The number of alkyl halides is 1. The fourth-order valence-corrected chi connectivity index (χ4v) is 2.11. The van der Waals surface area contributed by atoms with Gasteiger partial charge in [-0.1, -0.05) is 6.07 Å². The van der Waals surface area contributed by atoms with E-state index in [-0.39, 0.29) is 6.54 Å². The average Bonchev–Trinajstić information content (AvgIpc) is 2.72. The van der Waals surface area contributed by atoms with E-state index in [9.17, 15) is 9.18 Å². The van der Waals surface area contributed by atoms with Crippen LogP contribution in [-0.2, 0) is 4.79 Å². The summed E-state index contributed by atoms with van der Waals surface area (Å²) in [5, 5.41) is 0. The molecule has 1 amide bonds. The Morgan fingerprint density at radius 2 is 2.28 bits per heavy atom. The average molecular weight is 253 g/mol. The van der Waals surface area contributed by atoms with Crippen molar-refractivity contribution in [3.05, 3.63) is 24.3 Å². The number of amides is 1. The molecular weight excluding hydrogens is 237 g/mol. The molecule has 1 saturated heterocycles. The van der Waals surface area contributed by atoms with Crippen LogP contribution in [0.4, 0.5) is 10.1 Å². The minimum atomic E-state index is -1.51. The summed E-state index contributed by atoms with van der Waals surface area (Å²) in [4.78, 5) is 12.2. The summed E-state index contributed by atoms with van der Waals surface area (Å²) in [6.07, 6.45) is -1.28. The number of carbonyl (C=O) groups excluding carboxylic acids is 1. The molecule has 1 heterocycles. The van der Waals surface area contributed by atoms with Gasteiger partial charge in [0, 0.05) is 18.3 Å². The Morgan fingerprint density at radius 3 is 2.89 bits per heavy atom. The summed E-state index contributed by atoms with van der Waals surface area (Å²) >= 11 is 0. The molecule has 0 saturated carbocycles. The third-order valence-electron chi connectivity index (χ3n) is 3.04. The predicted molar refractivity (Wildman–Crippen MR) is 65.5 cm³/mol. The second-order valence-corrected chi connectivity index (χ2v) is 4.40. The number of ether oxygens (including phenoxy) is 1. The van der Waals surface area contributed by atoms with Gasteiger partial charge in [0.1, 0.15) is 11.9 Å². The molecule has 0 aliphatic carbocycles. The van der Waals surface area contributed by atoms with Gasteiger partial charge in [-0.2, -0.15) is 0 Å². The summed E-state index contributed by atoms with van der Waals surface area (Å²) in [6.45, 7) is 0.606. The first-order valence-corrected chi connectivity index (χ1v) is 5.71. The summed E-state index contributed by atoms with van der Waals surface area (Å²) in [7, 11) is 0. The lowest BCUT2D eigenvalue weighted by Gasteiger charge is -2.20. The van der Waals surface area contributed by atoms with Gasteiger partial charge in [0.15, 0.2) is 6.30 Å². The maximum Gasteiger partial charge on any atom is 0.209 e. The van der Waals surface area contributed by atoms with E-state index >= 15 is 0 Å². The van der Waals surface area contributed by atoms with Crippen LogP contribution in [0.25, 0.3) is 0 Å². The third kappa shape index (κ3) is 2.70. The Morgan fingerprint density at radius 1 is 1.50 bits per heavy atom. The lowest BCUT2D eigenvalue weighted by Crippen LogP contribution is -2.37. The quantitative estimate of drug-likeness (QED) is 0.461. The van der Waals surface area contributed by atoms with Crippen molar-refractivity contribution >= 4 is 12.1 Å². The molecular formula is C12H16FN3O2. The SMILES string of the molecule is Nc1cccc(OC2CN(C=O)CC2C(N)F)c1. The first kappa shape index (κ1) is 12.6. The van der Waals surface area contributed by atoms with Crippen molar-refractivity contribution in [2.75, 3.05) is 18.8 Å². The summed E-state index contributed by atoms with van der Waals surface area (Å²) in [6, 6.07) is 6.88. The number of rotatable bonds is 4. The van der Waals surface area contributed by atoms with Crippen LogP contribution < -0.4 is 16.2 Å². The molecule has 6 heteroatoms. The monoisotopic (exact) mass is 253 g/mol. The second-order valence-electron chi connectivity index (χ2n) is 4.40. The molecule has 3 atom stereocenters. The van der Waals surface area contributed by atoms with Gasteiger partial charge in [-0.15, -0.1) is 0 Å². The zero-order valence-corrected chi connectivity index (χ0v) is 9.83. The zero-order valence-electron chi connectivity index (χ0n) is 9.83. The van der Waals surface area contributed by atoms with E-state index in [1.807, 2.05) is 0 Å². The van der Waals surface area contributed by atoms with Crippen LogP contribution >= 0.6 is 0 Å². The molecule has 1 aliphatic heterocycles. The highest BCUT2D eigenvalue weighted by molar-refractivity contribution is 5.48. The van der Waals surface area contributed by atoms with Crippen molar-refractivity contribution in [3.8, 4) is 5.75 Å². The van der Waals surface area contributed by atoms with Gasteiger partial charge in [-0.05, 0) is 12.1 Å². The number of likely N-dealkylation sites (tertiary alicyclic amines) is 1. The van der Waals surface area contributed by atoms with Gasteiger partial charge in [0.25, 0.3) is 0 Å². The van der Waals surface area contributed by atoms with Crippen LogP contribution in [0.15, 0.2) is 24.3 Å². The molecule has 1 aliphatic rings. The molecule has 2 rings (SSSR count). The topological polar surface area (TPSA) is 81.6 Å². The van der Waals surface area contributed by atoms with E-state index in [4.69, 9.17) is 16.2 Å². The molecule has 18 heavy (non-hydrogen) atoms. The number of hydrogen-bond acceptors (Lipinski definition) is 4. The van der Waals surface area contributed by atoms with Gasteiger partial charge < -0.3 is 21.1 Å². The van der Waals surface area contributed by atoms with Gasteiger partial charge in [0.2, 0.25) is 6.41 Å². The summed E-state index contributed by atoms with van der Waals surface area (Å²) < 4.78 is 18.9. The van der Waals surface area contributed by atoms with E-state index in [1.54, 1.807) is 24.3 Å². The van der Waals surface area contributed by atoms with Crippen molar-refractivity contribution < 1.29 is 13.9 Å². The second kappa shape index (κ2) is 5.22. The minimum Gasteiger partial charge on any atom is -0.488 e. The fourth-order valence-electron chi connectivity index (χ4n) is 2.11. The summed E-state index contributed by atoms with van der Waals surface area (Å²) in [5.41, 5.74) is 11.5. The number of anilines is 1. The Kier molecular flexibility index (Phi) is 3.66. The van der Waals surface area contributed by atoms with Crippen molar-refractivity contribution in [3.63, 3.8) is 0 Å². The Labute approximate surface area is 104 Å². The number of nitrogens with zero attached hydrogens (tertiary/aromatic N) is 1. The van der Waals surface area contributed by atoms with Crippen LogP contribution in [-0.4, -0.2) is 36.8 Å². The zero-order chi connectivity index (χ0) is 13.1. The van der Waals surface area contributed by atoms with Gasteiger partial charge in [0.05, 0.1) is 12.5 Å². The lowest BCUT2D eigenvalue weighted by molar-refractivity contribution is -0.117. The first-order valence-electron chi connectivity index (χ1n) is 5.71. The molecule has 0 aromatic heterocycles. The number of carbonyl (C=O) groups is 1. The third-order valence-corrected chi connectivity index (χ3v) is 3.04. The van der Waals surface area contributed by atoms with E-state index in [2.05, 4.69) is 0 Å². The van der Waals surface area contributed by atoms with E-state index in [0.29, 0.717) is 24.4 Å². The standard InChI is InChI=1S/C12H16FN3O2/c13-12(15)10-5-16(7-17)6-11(10)18-9-3-1-2-8(14)4-9/h1-4,7,10-12H,5-6,14-15H2. The largest absolute Gasteiger partial charge is 0.488 e. The van der Waals surface area contributed by atoms with Crippen LogP contribution in [0.1, 0.15) is 0 Å². The molecule has 1 aromatic rings. The van der Waals surface area contributed by atoms with Crippen molar-refractivity contribution in [1.82, 2.24) is 4.90 Å². The maximum atomic E-state index is 13.3. The molecule has 0 spiro atoms. The normalized spacial score (nSPS) is 24.9. The number of nitrogen functional groups attached to an aromatic ring is 1. The van der Waals surface area contributed by atoms with Gasteiger partial charge in [-0.25, -0.2) is 4.39 Å². The molecule has 0 bridgehead atoms. The number of benzene rings is 1. The Balaban J connectivity index is 2.09. The van der Waals surface area contributed by atoms with Crippen molar-refractivity contribution in [2.24, 2.45) is 11.7 Å². The predicted octanol–water partition coefficient (Wildman–Crippen LogP) is 0.359. The minimum absolute atomic E-state index is 0.272. The number of nitrogens with two attached hydrogens (primary N) is 2. The molecule has 3 unspecified atom stereocenters. The van der Waals surface area contributed by atoms with Crippen LogP contribution in [0.5, 0.6) is 5.75 Å². The molecule has 98 valence electrons. The van der Waals surface area contributed by atoms with Gasteiger partial charge in [-0.3, -0.25) is 4.79 Å². The Bertz CT molecular complexity index is 428. The lowest BCUT2D eigenvalue weighted by atomic mass is 10.1. The Hall–Kier alpha value is -1.82. The molecule has 5 nitrogen and oxygen atoms in total. The smallest absolute Gasteiger partial charge is 0.209 e. The van der Waals surface area contributed by atoms with E-state index in [1.165, 1.54) is 4.90 Å². The van der Waals surface area contributed by atoms with Crippen molar-refractivity contribution in [1.29, 1.82) is 0 Å². The highest BCUT2D eigenvalue weighted by Crippen LogP contribution is 2.25. The maximum absolute atomic E-state index is 13.3. The highest BCUT2D eigenvalue weighted by Gasteiger charge is 2.38. The van der Waals surface area contributed by atoms with Crippen LogP contribution in [0.2, 0.25) is 0 Å². The van der Waals surface area contributed by atoms with E-state index < -0.39 is 18.3 Å². The fraction of sp³-hybridized carbons (Fsp3) is 0.417. The molecule has 4 N–H and O–H groups in total. The van der Waals surface area contributed by atoms with Crippen LogP contribution in [0.3, 0.4) is 0 Å². The molecule has 0 radical (unpaired) electrons.